The van der Waals surface area contributed by atoms with Gasteiger partial charge in [0.25, 0.3) is 5.69 Å². The number of carbonyl (C=O) groups is 1. The van der Waals surface area contributed by atoms with Crippen LogP contribution in [-0.2, 0) is 4.79 Å². The number of unbranched alkanes of at least 4 members (excludes halogenated alkanes) is 11. The van der Waals surface area contributed by atoms with Gasteiger partial charge in [0.2, 0.25) is 5.91 Å². The molecule has 1 aliphatic rings. The van der Waals surface area contributed by atoms with Gasteiger partial charge in [-0.05, 0) is 30.9 Å². The van der Waals surface area contributed by atoms with Gasteiger partial charge in [-0.3, -0.25) is 14.9 Å². The maximum atomic E-state index is 13.2. The van der Waals surface area contributed by atoms with Crippen molar-refractivity contribution in [2.24, 2.45) is 0 Å². The van der Waals surface area contributed by atoms with Crippen molar-refractivity contribution in [2.75, 3.05) is 13.1 Å². The molecule has 2 rings (SSSR count). The summed E-state index contributed by atoms with van der Waals surface area (Å²) in [5.41, 5.74) is 0.908. The Labute approximate surface area is 200 Å². The van der Waals surface area contributed by atoms with E-state index in [1.807, 2.05) is 4.90 Å². The zero-order valence-electron chi connectivity index (χ0n) is 20.5. The molecular weight excluding hydrogens is 412 g/mol. The van der Waals surface area contributed by atoms with Crippen LogP contribution < -0.4 is 0 Å². The summed E-state index contributed by atoms with van der Waals surface area (Å²) < 4.78 is 0. The van der Waals surface area contributed by atoms with Crippen LogP contribution in [0.3, 0.4) is 0 Å². The fourth-order valence-corrected chi connectivity index (χ4v) is 4.82. The molecule has 0 saturated carbocycles. The molecule has 182 valence electrons. The average Bonchev–Trinajstić information content (AvgIpc) is 3.36. The summed E-state index contributed by atoms with van der Waals surface area (Å²) in [7, 11) is 0. The third-order valence-corrected chi connectivity index (χ3v) is 6.84. The number of terminal acetylenes is 1. The molecule has 1 aromatic rings. The van der Waals surface area contributed by atoms with Gasteiger partial charge in [0.1, 0.15) is 5.56 Å². The van der Waals surface area contributed by atoms with E-state index in [9.17, 15) is 14.9 Å². The van der Waals surface area contributed by atoms with Crippen molar-refractivity contribution in [2.45, 2.75) is 109 Å². The van der Waals surface area contributed by atoms with Crippen LogP contribution in [-0.4, -0.2) is 28.8 Å². The smallest absolute Gasteiger partial charge is 0.285 e. The molecule has 0 spiro atoms. The maximum absolute atomic E-state index is 13.2. The number of benzene rings is 1. The highest BCUT2D eigenvalue weighted by molar-refractivity contribution is 5.84. The largest absolute Gasteiger partial charge is 0.342 e. The number of hydrogen-bond acceptors (Lipinski definition) is 3. The number of likely N-dealkylation sites (tertiary alicyclic amines) is 1. The summed E-state index contributed by atoms with van der Waals surface area (Å²) in [5, 5.41) is 11.5. The van der Waals surface area contributed by atoms with Crippen molar-refractivity contribution < 1.29 is 9.72 Å². The number of nitro benzene ring substituents is 1. The molecule has 1 saturated heterocycles. The van der Waals surface area contributed by atoms with Gasteiger partial charge in [0.05, 0.1) is 10.8 Å². The van der Waals surface area contributed by atoms with E-state index in [4.69, 9.17) is 6.42 Å². The highest BCUT2D eigenvalue weighted by Crippen LogP contribution is 2.31. The Morgan fingerprint density at radius 1 is 1.00 bits per heavy atom. The molecule has 1 fully saturated rings. The third kappa shape index (κ3) is 9.20. The SMILES string of the molecule is C#Cc1ccc(C(CCCCCCCCCCCCCC)C(=O)N2CCCC2)cc1[N+](=O)[O-]. The molecule has 0 aliphatic carbocycles. The van der Waals surface area contributed by atoms with Crippen LogP contribution in [0.4, 0.5) is 5.69 Å². The third-order valence-electron chi connectivity index (χ3n) is 6.84. The summed E-state index contributed by atoms with van der Waals surface area (Å²) >= 11 is 0. The lowest BCUT2D eigenvalue weighted by Gasteiger charge is -2.23. The summed E-state index contributed by atoms with van der Waals surface area (Å²) in [6, 6.07) is 4.94. The molecule has 1 amide bonds. The van der Waals surface area contributed by atoms with Gasteiger partial charge in [-0.15, -0.1) is 6.42 Å². The highest BCUT2D eigenvalue weighted by atomic mass is 16.6. The van der Waals surface area contributed by atoms with Crippen molar-refractivity contribution in [3.8, 4) is 12.3 Å². The number of amides is 1. The van der Waals surface area contributed by atoms with E-state index in [-0.39, 0.29) is 23.1 Å². The lowest BCUT2D eigenvalue weighted by molar-refractivity contribution is -0.385. The second-order valence-electron chi connectivity index (χ2n) is 9.44. The van der Waals surface area contributed by atoms with Crippen LogP contribution in [0.25, 0.3) is 0 Å². The first kappa shape index (κ1) is 26.9. The molecule has 1 aliphatic heterocycles. The first-order valence-corrected chi connectivity index (χ1v) is 13.1. The van der Waals surface area contributed by atoms with E-state index in [2.05, 4.69) is 12.8 Å². The van der Waals surface area contributed by atoms with Gasteiger partial charge in [-0.25, -0.2) is 0 Å². The normalized spacial score (nSPS) is 14.2. The van der Waals surface area contributed by atoms with Crippen LogP contribution >= 0.6 is 0 Å². The maximum Gasteiger partial charge on any atom is 0.285 e. The van der Waals surface area contributed by atoms with Gasteiger partial charge in [0, 0.05) is 19.2 Å². The second kappa shape index (κ2) is 15.5. The average molecular weight is 455 g/mol. The van der Waals surface area contributed by atoms with E-state index < -0.39 is 4.92 Å². The molecule has 33 heavy (non-hydrogen) atoms. The minimum Gasteiger partial charge on any atom is -0.342 e. The topological polar surface area (TPSA) is 63.5 Å². The van der Waals surface area contributed by atoms with E-state index in [0.29, 0.717) is 0 Å². The lowest BCUT2D eigenvalue weighted by atomic mass is 9.90. The molecule has 1 unspecified atom stereocenters. The van der Waals surface area contributed by atoms with Gasteiger partial charge in [-0.1, -0.05) is 96.0 Å². The number of nitro groups is 1. The van der Waals surface area contributed by atoms with Crippen molar-refractivity contribution in [1.82, 2.24) is 4.90 Å². The van der Waals surface area contributed by atoms with Crippen molar-refractivity contribution in [3.05, 3.63) is 39.4 Å². The van der Waals surface area contributed by atoms with E-state index in [0.717, 1.165) is 50.8 Å². The summed E-state index contributed by atoms with van der Waals surface area (Å²) in [6.07, 6.45) is 23.5. The van der Waals surface area contributed by atoms with Gasteiger partial charge in [0.15, 0.2) is 0 Å². The Morgan fingerprint density at radius 3 is 2.06 bits per heavy atom. The molecule has 0 radical (unpaired) electrons. The van der Waals surface area contributed by atoms with Crippen LogP contribution in [0.15, 0.2) is 18.2 Å². The van der Waals surface area contributed by atoms with E-state index in [1.165, 1.54) is 70.3 Å². The van der Waals surface area contributed by atoms with Crippen molar-refractivity contribution in [1.29, 1.82) is 0 Å². The minimum atomic E-state index is -0.445. The fraction of sp³-hybridized carbons (Fsp3) is 0.679. The zero-order valence-corrected chi connectivity index (χ0v) is 20.5. The number of nitrogens with zero attached hydrogens (tertiary/aromatic N) is 2. The van der Waals surface area contributed by atoms with Crippen LogP contribution in [0.5, 0.6) is 0 Å². The highest BCUT2D eigenvalue weighted by Gasteiger charge is 2.29. The number of hydrogen-bond donors (Lipinski definition) is 0. The van der Waals surface area contributed by atoms with Gasteiger partial charge < -0.3 is 4.90 Å². The molecule has 0 N–H and O–H groups in total. The second-order valence-corrected chi connectivity index (χ2v) is 9.44. The Hall–Kier alpha value is -2.35. The molecule has 0 aromatic heterocycles. The number of rotatable bonds is 16. The summed E-state index contributed by atoms with van der Waals surface area (Å²) in [6.45, 7) is 3.83. The molecular formula is C28H42N2O3. The first-order valence-electron chi connectivity index (χ1n) is 13.1. The standard InChI is InChI=1S/C28H42N2O3/c1-3-5-6-7-8-9-10-11-12-13-14-15-18-26(28(31)29-21-16-17-22-29)25-20-19-24(4-2)27(23-25)30(32)33/h2,19-20,23,26H,3,5-18,21-22H2,1H3. The van der Waals surface area contributed by atoms with Crippen LogP contribution in [0.2, 0.25) is 0 Å². The van der Waals surface area contributed by atoms with Crippen LogP contribution in [0, 0.1) is 22.5 Å². The van der Waals surface area contributed by atoms with Crippen LogP contribution in [0.1, 0.15) is 120 Å². The Kier molecular flexibility index (Phi) is 12.6. The molecule has 0 bridgehead atoms. The van der Waals surface area contributed by atoms with Crippen molar-refractivity contribution >= 4 is 11.6 Å². The molecule has 1 atom stereocenters. The van der Waals surface area contributed by atoms with Gasteiger partial charge >= 0.3 is 0 Å². The van der Waals surface area contributed by atoms with Gasteiger partial charge in [-0.2, -0.15) is 0 Å². The van der Waals surface area contributed by atoms with E-state index in [1.54, 1.807) is 12.1 Å². The lowest BCUT2D eigenvalue weighted by Crippen LogP contribution is -2.32. The predicted octanol–water partition coefficient (Wildman–Crippen LogP) is 7.37. The predicted molar refractivity (Wildman–Crippen MR) is 135 cm³/mol. The Bertz CT molecular complexity index is 778. The minimum absolute atomic E-state index is 0.0797. The molecule has 5 nitrogen and oxygen atoms in total. The fourth-order valence-electron chi connectivity index (χ4n) is 4.82. The monoisotopic (exact) mass is 454 g/mol. The Morgan fingerprint density at radius 2 is 1.55 bits per heavy atom. The molecule has 5 heteroatoms. The Balaban J connectivity index is 1.83. The zero-order chi connectivity index (χ0) is 23.9. The van der Waals surface area contributed by atoms with E-state index >= 15 is 0 Å². The van der Waals surface area contributed by atoms with Crippen molar-refractivity contribution in [3.63, 3.8) is 0 Å². The first-order chi connectivity index (χ1) is 16.1. The quantitative estimate of drug-likeness (QED) is 0.113. The number of carbonyl (C=O) groups excluding carboxylic acids is 1. The summed E-state index contributed by atoms with van der Waals surface area (Å²) in [4.78, 5) is 26.2. The molecule has 1 aromatic carbocycles. The summed E-state index contributed by atoms with van der Waals surface area (Å²) in [5.74, 6) is 2.17. The molecule has 1 heterocycles.